The van der Waals surface area contributed by atoms with E-state index in [0.29, 0.717) is 13.0 Å². The minimum Gasteiger partial charge on any atom is -0.496 e. The molecule has 1 heterocycles. The molecule has 0 amide bonds. The molecule has 0 aliphatic carbocycles. The van der Waals surface area contributed by atoms with Crippen LogP contribution in [0.2, 0.25) is 0 Å². The summed E-state index contributed by atoms with van der Waals surface area (Å²) < 4.78 is 11.8. The lowest BCUT2D eigenvalue weighted by Gasteiger charge is -2.20. The van der Waals surface area contributed by atoms with Gasteiger partial charge in [0.25, 0.3) is 0 Å². The van der Waals surface area contributed by atoms with Crippen molar-refractivity contribution in [1.82, 2.24) is 4.90 Å². The highest BCUT2D eigenvalue weighted by Crippen LogP contribution is 2.35. The first-order valence-electron chi connectivity index (χ1n) is 8.08. The van der Waals surface area contributed by atoms with E-state index in [4.69, 9.17) is 9.47 Å². The molecule has 5 heteroatoms. The summed E-state index contributed by atoms with van der Waals surface area (Å²) in [4.78, 5) is 14.1. The molecule has 126 valence electrons. The lowest BCUT2D eigenvalue weighted by molar-refractivity contribution is -0.142. The molecular formula is C18H25NO3S. The van der Waals surface area contributed by atoms with E-state index in [-0.39, 0.29) is 5.97 Å². The average Bonchev–Trinajstić information content (AvgIpc) is 2.95. The van der Waals surface area contributed by atoms with E-state index >= 15 is 0 Å². The van der Waals surface area contributed by atoms with Crippen LogP contribution >= 0.6 is 11.3 Å². The van der Waals surface area contributed by atoms with E-state index in [0.717, 1.165) is 36.3 Å². The van der Waals surface area contributed by atoms with Crippen LogP contribution in [0, 0.1) is 0 Å². The van der Waals surface area contributed by atoms with Gasteiger partial charge >= 0.3 is 5.97 Å². The number of thiophene rings is 1. The van der Waals surface area contributed by atoms with Gasteiger partial charge in [-0.2, -0.15) is 0 Å². The van der Waals surface area contributed by atoms with E-state index in [2.05, 4.69) is 24.1 Å². The summed E-state index contributed by atoms with van der Waals surface area (Å²) in [6.45, 7) is 9.42. The predicted octanol–water partition coefficient (Wildman–Crippen LogP) is 3.86. The Morgan fingerprint density at radius 1 is 1.22 bits per heavy atom. The fraction of sp³-hybridized carbons (Fsp3) is 0.500. The maximum Gasteiger partial charge on any atom is 0.310 e. The van der Waals surface area contributed by atoms with Gasteiger partial charge in [-0.3, -0.25) is 9.69 Å². The van der Waals surface area contributed by atoms with Crippen LogP contribution in [0.15, 0.2) is 17.5 Å². The third-order valence-corrected chi connectivity index (χ3v) is 5.12. The molecule has 0 fully saturated rings. The van der Waals surface area contributed by atoms with Gasteiger partial charge in [0.15, 0.2) is 0 Å². The van der Waals surface area contributed by atoms with Crippen LogP contribution < -0.4 is 4.74 Å². The topological polar surface area (TPSA) is 38.8 Å². The van der Waals surface area contributed by atoms with Crippen molar-refractivity contribution in [2.45, 2.75) is 33.7 Å². The number of hydrogen-bond acceptors (Lipinski definition) is 5. The second-order valence-corrected chi connectivity index (χ2v) is 6.21. The van der Waals surface area contributed by atoms with Gasteiger partial charge in [0.1, 0.15) is 5.75 Å². The molecule has 0 aliphatic rings. The number of esters is 1. The first kappa shape index (κ1) is 17.8. The fourth-order valence-corrected chi connectivity index (χ4v) is 3.81. The average molecular weight is 335 g/mol. The molecule has 0 saturated carbocycles. The summed E-state index contributed by atoms with van der Waals surface area (Å²) in [6, 6.07) is 4.05. The maximum atomic E-state index is 11.8. The Bertz CT molecular complexity index is 662. The van der Waals surface area contributed by atoms with Gasteiger partial charge in [-0.05, 0) is 48.5 Å². The van der Waals surface area contributed by atoms with Crippen molar-refractivity contribution in [3.05, 3.63) is 28.6 Å². The lowest BCUT2D eigenvalue weighted by Crippen LogP contribution is -2.22. The molecule has 1 aromatic carbocycles. The predicted molar refractivity (Wildman–Crippen MR) is 95.3 cm³/mol. The molecular weight excluding hydrogens is 310 g/mol. The Morgan fingerprint density at radius 2 is 1.96 bits per heavy atom. The van der Waals surface area contributed by atoms with Crippen LogP contribution in [0.5, 0.6) is 5.75 Å². The van der Waals surface area contributed by atoms with Gasteiger partial charge in [-0.1, -0.05) is 13.8 Å². The SMILES string of the molecule is CCOC(=O)Cc1csc2c(CN(CC)CC)c(OC)ccc12. The molecule has 2 aromatic rings. The summed E-state index contributed by atoms with van der Waals surface area (Å²) in [7, 11) is 1.71. The number of fused-ring (bicyclic) bond motifs is 1. The van der Waals surface area contributed by atoms with Gasteiger partial charge in [0.05, 0.1) is 20.1 Å². The van der Waals surface area contributed by atoms with E-state index in [1.54, 1.807) is 18.4 Å². The van der Waals surface area contributed by atoms with Crippen molar-refractivity contribution in [1.29, 1.82) is 0 Å². The Labute approximate surface area is 142 Å². The summed E-state index contributed by atoms with van der Waals surface area (Å²) in [5.41, 5.74) is 2.24. The zero-order valence-corrected chi connectivity index (χ0v) is 15.2. The monoisotopic (exact) mass is 335 g/mol. The largest absolute Gasteiger partial charge is 0.496 e. The summed E-state index contributed by atoms with van der Waals surface area (Å²) >= 11 is 1.68. The number of carbonyl (C=O) groups excluding carboxylic acids is 1. The number of rotatable bonds is 8. The van der Waals surface area contributed by atoms with Crippen molar-refractivity contribution < 1.29 is 14.3 Å². The maximum absolute atomic E-state index is 11.8. The van der Waals surface area contributed by atoms with Gasteiger partial charge < -0.3 is 9.47 Å². The molecule has 23 heavy (non-hydrogen) atoms. The smallest absolute Gasteiger partial charge is 0.310 e. The molecule has 1 aromatic heterocycles. The number of benzene rings is 1. The molecule has 0 N–H and O–H groups in total. The third kappa shape index (κ3) is 4.03. The van der Waals surface area contributed by atoms with Crippen LogP contribution in [0.1, 0.15) is 31.9 Å². The van der Waals surface area contributed by atoms with Crippen LogP contribution in [-0.4, -0.2) is 37.7 Å². The van der Waals surface area contributed by atoms with Crippen molar-refractivity contribution in [3.63, 3.8) is 0 Å². The minimum atomic E-state index is -0.173. The van der Waals surface area contributed by atoms with E-state index in [9.17, 15) is 4.79 Å². The number of hydrogen-bond donors (Lipinski definition) is 0. The second-order valence-electron chi connectivity index (χ2n) is 5.33. The van der Waals surface area contributed by atoms with Crippen molar-refractivity contribution >= 4 is 27.4 Å². The highest BCUT2D eigenvalue weighted by Gasteiger charge is 2.16. The Hall–Kier alpha value is -1.59. The second kappa shape index (κ2) is 8.31. The summed E-state index contributed by atoms with van der Waals surface area (Å²) in [5.74, 6) is 0.738. The number of methoxy groups -OCH3 is 1. The molecule has 0 spiro atoms. The molecule has 4 nitrogen and oxygen atoms in total. The van der Waals surface area contributed by atoms with Gasteiger partial charge in [0, 0.05) is 16.8 Å². The minimum absolute atomic E-state index is 0.173. The van der Waals surface area contributed by atoms with Gasteiger partial charge in [-0.15, -0.1) is 11.3 Å². The highest BCUT2D eigenvalue weighted by atomic mass is 32.1. The van der Waals surface area contributed by atoms with Crippen molar-refractivity contribution in [3.8, 4) is 5.75 Å². The van der Waals surface area contributed by atoms with Crippen molar-refractivity contribution in [2.75, 3.05) is 26.8 Å². The van der Waals surface area contributed by atoms with E-state index in [1.165, 1.54) is 10.3 Å². The van der Waals surface area contributed by atoms with Gasteiger partial charge in [-0.25, -0.2) is 0 Å². The Morgan fingerprint density at radius 3 is 2.57 bits per heavy atom. The normalized spacial score (nSPS) is 11.2. The van der Waals surface area contributed by atoms with E-state index in [1.807, 2.05) is 19.1 Å². The van der Waals surface area contributed by atoms with E-state index < -0.39 is 0 Å². The summed E-state index contributed by atoms with van der Waals surface area (Å²) in [5, 5.41) is 3.19. The lowest BCUT2D eigenvalue weighted by atomic mass is 10.1. The van der Waals surface area contributed by atoms with Gasteiger partial charge in [0.2, 0.25) is 0 Å². The van der Waals surface area contributed by atoms with Crippen molar-refractivity contribution in [2.24, 2.45) is 0 Å². The Balaban J connectivity index is 2.40. The number of carbonyl (C=O) groups is 1. The first-order valence-corrected chi connectivity index (χ1v) is 8.96. The zero-order valence-electron chi connectivity index (χ0n) is 14.3. The number of nitrogens with zero attached hydrogens (tertiary/aromatic N) is 1. The molecule has 0 radical (unpaired) electrons. The van der Waals surface area contributed by atoms with Crippen LogP contribution in [0.25, 0.3) is 10.1 Å². The first-order chi connectivity index (χ1) is 11.1. The third-order valence-electron chi connectivity index (χ3n) is 4.02. The van der Waals surface area contributed by atoms with Crippen LogP contribution in [0.4, 0.5) is 0 Å². The molecule has 2 rings (SSSR count). The molecule has 0 unspecified atom stereocenters. The zero-order chi connectivity index (χ0) is 16.8. The standard InChI is InChI=1S/C18H25NO3S/c1-5-19(6-2)11-15-16(21-4)9-8-14-13(12-23-18(14)15)10-17(20)22-7-3/h8-9,12H,5-7,10-11H2,1-4H3. The number of ether oxygens (including phenoxy) is 2. The molecule has 0 atom stereocenters. The Kier molecular flexibility index (Phi) is 6.42. The van der Waals surface area contributed by atoms with Crippen LogP contribution in [0.3, 0.4) is 0 Å². The van der Waals surface area contributed by atoms with Crippen LogP contribution in [-0.2, 0) is 22.5 Å². The molecule has 0 bridgehead atoms. The highest BCUT2D eigenvalue weighted by molar-refractivity contribution is 7.17. The molecule has 0 aliphatic heterocycles. The fourth-order valence-electron chi connectivity index (χ4n) is 2.71. The summed E-state index contributed by atoms with van der Waals surface area (Å²) in [6.07, 6.45) is 0.324. The quantitative estimate of drug-likeness (QED) is 0.687. The molecule has 0 saturated heterocycles.